The Labute approximate surface area is 94.3 Å². The van der Waals surface area contributed by atoms with Gasteiger partial charge in [0.25, 0.3) is 0 Å². The summed E-state index contributed by atoms with van der Waals surface area (Å²) < 4.78 is 5.20. The van der Waals surface area contributed by atoms with Crippen LogP contribution in [0.5, 0.6) is 5.75 Å². The largest absolute Gasteiger partial charge is 0.496 e. The Bertz CT molecular complexity index is 301. The second kappa shape index (κ2) is 5.52. The third kappa shape index (κ3) is 2.58. The van der Waals surface area contributed by atoms with Crippen molar-refractivity contribution in [1.82, 2.24) is 0 Å². The Balaban J connectivity index is 3.01. The second-order valence-corrected chi connectivity index (χ2v) is 4.35. The number of ether oxygens (including phenoxy) is 1. The predicted octanol–water partition coefficient (Wildman–Crippen LogP) is 4.45. The summed E-state index contributed by atoms with van der Waals surface area (Å²) in [5.74, 6) is 1.42. The first-order valence-corrected chi connectivity index (χ1v) is 6.33. The van der Waals surface area contributed by atoms with E-state index in [4.69, 9.17) is 15.4 Å². The van der Waals surface area contributed by atoms with Gasteiger partial charge in [-0.15, -0.1) is 0 Å². The van der Waals surface area contributed by atoms with E-state index in [0.29, 0.717) is 5.92 Å². The number of benzene rings is 1. The van der Waals surface area contributed by atoms with Crippen LogP contribution in [-0.2, 0) is 0 Å². The lowest BCUT2D eigenvalue weighted by molar-refractivity contribution is 0.404. The molecule has 1 atom stereocenters. The monoisotopic (exact) mass is 230 g/mol. The Kier molecular flexibility index (Phi) is 4.63. The zero-order chi connectivity index (χ0) is 10.6. The molecule has 0 saturated carbocycles. The van der Waals surface area contributed by atoms with Gasteiger partial charge in [0.15, 0.2) is 0 Å². The third-order valence-electron chi connectivity index (χ3n) is 2.45. The van der Waals surface area contributed by atoms with Gasteiger partial charge in [-0.3, -0.25) is 0 Å². The van der Waals surface area contributed by atoms with Gasteiger partial charge >= 0.3 is 0 Å². The molecule has 0 N–H and O–H groups in total. The van der Waals surface area contributed by atoms with Crippen LogP contribution >= 0.6 is 21.7 Å². The van der Waals surface area contributed by atoms with Crippen molar-refractivity contribution >= 4 is 21.7 Å². The molecular formula is C11H15ClOS. The SMILES string of the molecule is CCC(C)c1ccc(OC)c(SCl)c1. The van der Waals surface area contributed by atoms with E-state index >= 15 is 0 Å². The summed E-state index contributed by atoms with van der Waals surface area (Å²) >= 11 is 0. The summed E-state index contributed by atoms with van der Waals surface area (Å²) in [5.41, 5.74) is 1.32. The van der Waals surface area contributed by atoms with Gasteiger partial charge in [-0.1, -0.05) is 19.9 Å². The molecular weight excluding hydrogens is 216 g/mol. The molecule has 0 bridgehead atoms. The van der Waals surface area contributed by atoms with Gasteiger partial charge < -0.3 is 4.74 Å². The van der Waals surface area contributed by atoms with Crippen LogP contribution in [0.3, 0.4) is 0 Å². The van der Waals surface area contributed by atoms with Gasteiger partial charge in [-0.25, -0.2) is 0 Å². The number of hydrogen-bond acceptors (Lipinski definition) is 2. The molecule has 0 heterocycles. The molecule has 1 aromatic rings. The van der Waals surface area contributed by atoms with E-state index < -0.39 is 0 Å². The molecule has 0 aliphatic carbocycles. The molecule has 0 radical (unpaired) electrons. The lowest BCUT2D eigenvalue weighted by atomic mass is 9.99. The highest BCUT2D eigenvalue weighted by Crippen LogP contribution is 2.34. The fraction of sp³-hybridized carbons (Fsp3) is 0.455. The average molecular weight is 231 g/mol. The van der Waals surface area contributed by atoms with E-state index in [9.17, 15) is 0 Å². The van der Waals surface area contributed by atoms with E-state index in [1.807, 2.05) is 6.07 Å². The summed E-state index contributed by atoms with van der Waals surface area (Å²) in [6, 6.07) is 6.18. The average Bonchev–Trinajstić information content (AvgIpc) is 2.26. The van der Waals surface area contributed by atoms with Crippen molar-refractivity contribution < 1.29 is 4.74 Å². The van der Waals surface area contributed by atoms with E-state index in [1.54, 1.807) is 7.11 Å². The maximum absolute atomic E-state index is 5.77. The Morgan fingerprint density at radius 3 is 2.71 bits per heavy atom. The Morgan fingerprint density at radius 1 is 1.50 bits per heavy atom. The molecule has 0 fully saturated rings. The van der Waals surface area contributed by atoms with Crippen LogP contribution < -0.4 is 4.74 Å². The van der Waals surface area contributed by atoms with Crippen LogP contribution in [0.1, 0.15) is 31.7 Å². The first-order valence-electron chi connectivity index (χ1n) is 4.69. The summed E-state index contributed by atoms with van der Waals surface area (Å²) in [4.78, 5) is 0.993. The quantitative estimate of drug-likeness (QED) is 0.756. The topological polar surface area (TPSA) is 9.23 Å². The molecule has 0 aromatic heterocycles. The summed E-state index contributed by atoms with van der Waals surface area (Å²) in [6.07, 6.45) is 1.14. The maximum atomic E-state index is 5.77. The lowest BCUT2D eigenvalue weighted by Crippen LogP contribution is -1.93. The maximum Gasteiger partial charge on any atom is 0.133 e. The first kappa shape index (κ1) is 11.7. The van der Waals surface area contributed by atoms with Crippen LogP contribution in [0.15, 0.2) is 23.1 Å². The standard InChI is InChI=1S/C11H15ClOS/c1-4-8(2)9-5-6-10(13-3)11(7-9)14-12/h5-8H,4H2,1-3H3. The van der Waals surface area contributed by atoms with Crippen molar-refractivity contribution in [2.45, 2.75) is 31.1 Å². The van der Waals surface area contributed by atoms with Crippen LogP contribution in [0.2, 0.25) is 0 Å². The van der Waals surface area contributed by atoms with Gasteiger partial charge in [0.05, 0.1) is 12.0 Å². The molecule has 0 aliphatic heterocycles. The first-order chi connectivity index (χ1) is 6.72. The van der Waals surface area contributed by atoms with Gasteiger partial charge in [0.2, 0.25) is 0 Å². The van der Waals surface area contributed by atoms with Crippen molar-refractivity contribution in [2.24, 2.45) is 0 Å². The molecule has 0 spiro atoms. The molecule has 78 valence electrons. The summed E-state index contributed by atoms with van der Waals surface area (Å²) in [7, 11) is 8.64. The smallest absolute Gasteiger partial charge is 0.133 e. The lowest BCUT2D eigenvalue weighted by Gasteiger charge is -2.12. The third-order valence-corrected chi connectivity index (χ3v) is 3.44. The normalized spacial score (nSPS) is 12.6. The zero-order valence-corrected chi connectivity index (χ0v) is 10.3. The van der Waals surface area contributed by atoms with Crippen molar-refractivity contribution in [3.05, 3.63) is 23.8 Å². The summed E-state index contributed by atoms with van der Waals surface area (Å²) in [5, 5.41) is 0. The van der Waals surface area contributed by atoms with Crippen LogP contribution in [0.4, 0.5) is 0 Å². The fourth-order valence-corrected chi connectivity index (χ4v) is 2.07. The minimum Gasteiger partial charge on any atom is -0.496 e. The molecule has 0 saturated heterocycles. The van der Waals surface area contributed by atoms with Gasteiger partial charge in [0, 0.05) is 0 Å². The van der Waals surface area contributed by atoms with Crippen molar-refractivity contribution in [3.63, 3.8) is 0 Å². The molecule has 3 heteroatoms. The van der Waals surface area contributed by atoms with E-state index in [-0.39, 0.29) is 0 Å². The Morgan fingerprint density at radius 2 is 2.21 bits per heavy atom. The second-order valence-electron chi connectivity index (χ2n) is 3.30. The zero-order valence-electron chi connectivity index (χ0n) is 8.71. The fourth-order valence-electron chi connectivity index (χ4n) is 1.30. The van der Waals surface area contributed by atoms with Crippen molar-refractivity contribution in [1.29, 1.82) is 0 Å². The number of methoxy groups -OCH3 is 1. The van der Waals surface area contributed by atoms with Gasteiger partial charge in [0.1, 0.15) is 5.75 Å². The highest BCUT2D eigenvalue weighted by molar-refractivity contribution is 8.21. The molecule has 0 aliphatic rings. The van der Waals surface area contributed by atoms with Crippen LogP contribution in [-0.4, -0.2) is 7.11 Å². The minimum atomic E-state index is 0.573. The van der Waals surface area contributed by atoms with Gasteiger partial charge in [-0.05, 0) is 51.7 Å². The predicted molar refractivity (Wildman–Crippen MR) is 63.4 cm³/mol. The molecule has 1 rings (SSSR count). The number of hydrogen-bond donors (Lipinski definition) is 0. The van der Waals surface area contributed by atoms with E-state index in [0.717, 1.165) is 17.1 Å². The molecule has 1 aromatic carbocycles. The Hall–Kier alpha value is -0.340. The molecule has 1 nitrogen and oxygen atoms in total. The molecule has 0 amide bonds. The highest BCUT2D eigenvalue weighted by Gasteiger charge is 2.08. The van der Waals surface area contributed by atoms with Crippen LogP contribution in [0, 0.1) is 0 Å². The van der Waals surface area contributed by atoms with E-state index in [2.05, 4.69) is 26.0 Å². The van der Waals surface area contributed by atoms with Crippen molar-refractivity contribution in [3.8, 4) is 5.75 Å². The minimum absolute atomic E-state index is 0.573. The molecule has 14 heavy (non-hydrogen) atoms. The summed E-state index contributed by atoms with van der Waals surface area (Å²) in [6.45, 7) is 4.40. The number of rotatable bonds is 4. The van der Waals surface area contributed by atoms with Crippen molar-refractivity contribution in [2.75, 3.05) is 7.11 Å². The highest BCUT2D eigenvalue weighted by atomic mass is 35.7. The van der Waals surface area contributed by atoms with E-state index in [1.165, 1.54) is 16.5 Å². The number of halogens is 1. The van der Waals surface area contributed by atoms with Gasteiger partial charge in [-0.2, -0.15) is 0 Å². The molecule has 1 unspecified atom stereocenters. The van der Waals surface area contributed by atoms with Crippen LogP contribution in [0.25, 0.3) is 0 Å².